The molecule has 0 amide bonds. The van der Waals surface area contributed by atoms with Gasteiger partial charge in [0.15, 0.2) is 0 Å². The summed E-state index contributed by atoms with van der Waals surface area (Å²) in [7, 11) is 3.43. The number of nitrogens with zero attached hydrogens (tertiary/aromatic N) is 4. The molecule has 0 fully saturated rings. The van der Waals surface area contributed by atoms with Crippen LogP contribution in [0.4, 0.5) is 14.6 Å². The van der Waals surface area contributed by atoms with Crippen LogP contribution in [0.3, 0.4) is 0 Å². The normalized spacial score (nSPS) is 11.0. The van der Waals surface area contributed by atoms with E-state index in [9.17, 15) is 8.78 Å². The fourth-order valence-electron chi connectivity index (χ4n) is 2.22. The van der Waals surface area contributed by atoms with E-state index in [-0.39, 0.29) is 5.56 Å². The monoisotopic (exact) mass is 289 g/mol. The second kappa shape index (κ2) is 4.69. The quantitative estimate of drug-likeness (QED) is 0.787. The zero-order valence-electron chi connectivity index (χ0n) is 11.5. The molecular formula is C14H13F2N5. The molecule has 108 valence electrons. The Hall–Kier alpha value is -2.70. The number of aromatic nitrogens is 4. The molecule has 0 aliphatic carbocycles. The van der Waals surface area contributed by atoms with Crippen LogP contribution >= 0.6 is 0 Å². The number of hydrogen-bond donors (Lipinski definition) is 1. The van der Waals surface area contributed by atoms with Crippen LogP contribution in [-0.4, -0.2) is 19.6 Å². The SMILES string of the molecule is Cn1ccc(-c2nn(C)c(N)c2-c2ccc(F)cc2F)n1. The first-order valence-electron chi connectivity index (χ1n) is 6.25. The molecule has 3 rings (SSSR count). The summed E-state index contributed by atoms with van der Waals surface area (Å²) >= 11 is 0. The molecule has 21 heavy (non-hydrogen) atoms. The predicted molar refractivity (Wildman–Crippen MR) is 75.2 cm³/mol. The molecule has 2 aromatic heterocycles. The average Bonchev–Trinajstić information content (AvgIpc) is 2.96. The Kier molecular flexibility index (Phi) is 2.97. The Bertz CT molecular complexity index is 819. The van der Waals surface area contributed by atoms with Gasteiger partial charge in [-0.2, -0.15) is 10.2 Å². The van der Waals surface area contributed by atoms with Crippen molar-refractivity contribution in [2.45, 2.75) is 0 Å². The standard InChI is InChI=1S/C14H13F2N5/c1-20-6-5-11(18-20)13-12(14(17)21(2)19-13)9-4-3-8(15)7-10(9)16/h3-7H,17H2,1-2H3. The Morgan fingerprint density at radius 3 is 2.48 bits per heavy atom. The van der Waals surface area contributed by atoms with Crippen LogP contribution in [0, 0.1) is 11.6 Å². The van der Waals surface area contributed by atoms with Crippen molar-refractivity contribution in [2.75, 3.05) is 5.73 Å². The highest BCUT2D eigenvalue weighted by molar-refractivity contribution is 5.87. The van der Waals surface area contributed by atoms with Crippen LogP contribution < -0.4 is 5.73 Å². The average molecular weight is 289 g/mol. The molecule has 0 saturated carbocycles. The third-order valence-electron chi connectivity index (χ3n) is 3.25. The molecule has 2 heterocycles. The summed E-state index contributed by atoms with van der Waals surface area (Å²) in [6, 6.07) is 5.12. The number of aryl methyl sites for hydroxylation is 2. The van der Waals surface area contributed by atoms with E-state index in [0.29, 0.717) is 22.8 Å². The first-order valence-corrected chi connectivity index (χ1v) is 6.25. The lowest BCUT2D eigenvalue weighted by Crippen LogP contribution is -1.98. The number of halogens is 2. The lowest BCUT2D eigenvalue weighted by atomic mass is 10.0. The lowest BCUT2D eigenvalue weighted by molar-refractivity contribution is 0.585. The molecule has 5 nitrogen and oxygen atoms in total. The van der Waals surface area contributed by atoms with Crippen molar-refractivity contribution in [3.63, 3.8) is 0 Å². The fourth-order valence-corrected chi connectivity index (χ4v) is 2.22. The topological polar surface area (TPSA) is 61.7 Å². The van der Waals surface area contributed by atoms with Crippen LogP contribution in [0.25, 0.3) is 22.5 Å². The number of nitrogens with two attached hydrogens (primary N) is 1. The summed E-state index contributed by atoms with van der Waals surface area (Å²) in [5.41, 5.74) is 7.63. The Morgan fingerprint density at radius 2 is 1.86 bits per heavy atom. The van der Waals surface area contributed by atoms with Crippen LogP contribution in [0.2, 0.25) is 0 Å². The van der Waals surface area contributed by atoms with Gasteiger partial charge in [-0.3, -0.25) is 9.36 Å². The van der Waals surface area contributed by atoms with Gasteiger partial charge in [-0.05, 0) is 18.2 Å². The molecule has 3 aromatic rings. The van der Waals surface area contributed by atoms with Crippen LogP contribution in [-0.2, 0) is 14.1 Å². The van der Waals surface area contributed by atoms with Crippen molar-refractivity contribution in [2.24, 2.45) is 14.1 Å². The van der Waals surface area contributed by atoms with Gasteiger partial charge in [0, 0.05) is 31.9 Å². The van der Waals surface area contributed by atoms with Gasteiger partial charge in [-0.15, -0.1) is 0 Å². The number of benzene rings is 1. The van der Waals surface area contributed by atoms with E-state index in [2.05, 4.69) is 10.2 Å². The number of rotatable bonds is 2. The maximum Gasteiger partial charge on any atom is 0.134 e. The van der Waals surface area contributed by atoms with E-state index >= 15 is 0 Å². The summed E-state index contributed by atoms with van der Waals surface area (Å²) in [4.78, 5) is 0. The number of nitrogen functional groups attached to an aromatic ring is 1. The predicted octanol–water partition coefficient (Wildman–Crippen LogP) is 2.35. The van der Waals surface area contributed by atoms with Gasteiger partial charge in [0.05, 0.1) is 5.56 Å². The number of hydrogen-bond acceptors (Lipinski definition) is 3. The first kappa shape index (κ1) is 13.3. The Labute approximate surface area is 119 Å². The summed E-state index contributed by atoms with van der Waals surface area (Å²) in [6.07, 6.45) is 1.75. The molecule has 0 aliphatic rings. The van der Waals surface area contributed by atoms with Crippen molar-refractivity contribution in [3.8, 4) is 22.5 Å². The Balaban J connectivity index is 2.26. The van der Waals surface area contributed by atoms with E-state index in [1.165, 1.54) is 16.8 Å². The second-order valence-electron chi connectivity index (χ2n) is 4.73. The maximum absolute atomic E-state index is 14.1. The van der Waals surface area contributed by atoms with E-state index in [0.717, 1.165) is 6.07 Å². The van der Waals surface area contributed by atoms with Gasteiger partial charge in [-0.1, -0.05) is 0 Å². The van der Waals surface area contributed by atoms with Gasteiger partial charge in [-0.25, -0.2) is 8.78 Å². The van der Waals surface area contributed by atoms with Gasteiger partial charge < -0.3 is 5.73 Å². The van der Waals surface area contributed by atoms with Crippen molar-refractivity contribution >= 4 is 5.82 Å². The lowest BCUT2D eigenvalue weighted by Gasteiger charge is -2.04. The van der Waals surface area contributed by atoms with Crippen LogP contribution in [0.15, 0.2) is 30.5 Å². The molecule has 7 heteroatoms. The summed E-state index contributed by atoms with van der Waals surface area (Å²) in [5, 5.41) is 8.55. The Morgan fingerprint density at radius 1 is 1.10 bits per heavy atom. The highest BCUT2D eigenvalue weighted by Gasteiger charge is 2.21. The van der Waals surface area contributed by atoms with E-state index in [1.807, 2.05) is 0 Å². The highest BCUT2D eigenvalue weighted by Crippen LogP contribution is 2.36. The minimum Gasteiger partial charge on any atom is -0.383 e. The number of anilines is 1. The van der Waals surface area contributed by atoms with Crippen molar-refractivity contribution in [1.82, 2.24) is 19.6 Å². The van der Waals surface area contributed by atoms with E-state index < -0.39 is 11.6 Å². The molecule has 0 bridgehead atoms. The molecule has 2 N–H and O–H groups in total. The maximum atomic E-state index is 14.1. The van der Waals surface area contributed by atoms with Gasteiger partial charge >= 0.3 is 0 Å². The third-order valence-corrected chi connectivity index (χ3v) is 3.25. The van der Waals surface area contributed by atoms with Crippen LogP contribution in [0.5, 0.6) is 0 Å². The molecule has 0 radical (unpaired) electrons. The molecule has 0 unspecified atom stereocenters. The molecule has 0 aliphatic heterocycles. The van der Waals surface area contributed by atoms with Gasteiger partial charge in [0.2, 0.25) is 0 Å². The molecule has 0 atom stereocenters. The summed E-state index contributed by atoms with van der Waals surface area (Å²) < 4.78 is 30.2. The highest BCUT2D eigenvalue weighted by atomic mass is 19.1. The minimum atomic E-state index is -0.688. The smallest absolute Gasteiger partial charge is 0.134 e. The van der Waals surface area contributed by atoms with Gasteiger partial charge in [0.1, 0.15) is 28.8 Å². The second-order valence-corrected chi connectivity index (χ2v) is 4.73. The zero-order valence-corrected chi connectivity index (χ0v) is 11.5. The van der Waals surface area contributed by atoms with Crippen LogP contribution in [0.1, 0.15) is 0 Å². The fraction of sp³-hybridized carbons (Fsp3) is 0.143. The van der Waals surface area contributed by atoms with Crippen molar-refractivity contribution < 1.29 is 8.78 Å². The van der Waals surface area contributed by atoms with E-state index in [4.69, 9.17) is 5.73 Å². The summed E-state index contributed by atoms with van der Waals surface area (Å²) in [6.45, 7) is 0. The van der Waals surface area contributed by atoms with Crippen molar-refractivity contribution in [1.29, 1.82) is 0 Å². The zero-order chi connectivity index (χ0) is 15.1. The minimum absolute atomic E-state index is 0.197. The first-order chi connectivity index (χ1) is 9.97. The molecule has 1 aromatic carbocycles. The summed E-state index contributed by atoms with van der Waals surface area (Å²) in [5.74, 6) is -1.04. The molecule has 0 spiro atoms. The largest absolute Gasteiger partial charge is 0.383 e. The van der Waals surface area contributed by atoms with Gasteiger partial charge in [0.25, 0.3) is 0 Å². The van der Waals surface area contributed by atoms with Crippen molar-refractivity contribution in [3.05, 3.63) is 42.1 Å². The molecular weight excluding hydrogens is 276 g/mol. The molecule has 0 saturated heterocycles. The third kappa shape index (κ3) is 2.16. The van der Waals surface area contributed by atoms with E-state index in [1.54, 1.807) is 31.0 Å².